The van der Waals surface area contributed by atoms with Gasteiger partial charge in [0.05, 0.1) is 11.2 Å². The van der Waals surface area contributed by atoms with Crippen LogP contribution in [0.3, 0.4) is 0 Å². The van der Waals surface area contributed by atoms with Gasteiger partial charge in [0, 0.05) is 42.0 Å². The number of rotatable bonds is 3. The number of fused-ring (bicyclic) bond motifs is 4. The molecule has 6 nitrogen and oxygen atoms in total. The SMILES string of the molecule is CC1CCC(n2c3ccccc3c3cnc(Nc4ccc5c(n4)[C@@H](C)CNC5)nc32)CC1. The summed E-state index contributed by atoms with van der Waals surface area (Å²) in [4.78, 5) is 14.6. The van der Waals surface area contributed by atoms with Gasteiger partial charge < -0.3 is 15.2 Å². The van der Waals surface area contributed by atoms with E-state index in [-0.39, 0.29) is 0 Å². The van der Waals surface area contributed by atoms with E-state index in [1.165, 1.54) is 47.8 Å². The number of nitrogens with zero attached hydrogens (tertiary/aromatic N) is 4. The van der Waals surface area contributed by atoms with Gasteiger partial charge in [0.25, 0.3) is 0 Å². The summed E-state index contributed by atoms with van der Waals surface area (Å²) in [5.74, 6) is 2.64. The summed E-state index contributed by atoms with van der Waals surface area (Å²) in [6, 6.07) is 13.3. The van der Waals surface area contributed by atoms with Gasteiger partial charge in [0.15, 0.2) is 0 Å². The summed E-state index contributed by atoms with van der Waals surface area (Å²) in [7, 11) is 0. The van der Waals surface area contributed by atoms with Crippen LogP contribution in [0.4, 0.5) is 11.8 Å². The van der Waals surface area contributed by atoms with Crippen molar-refractivity contribution in [1.29, 1.82) is 0 Å². The van der Waals surface area contributed by atoms with Crippen molar-refractivity contribution in [1.82, 2.24) is 24.8 Å². The molecule has 0 unspecified atom stereocenters. The highest BCUT2D eigenvalue weighted by molar-refractivity contribution is 6.06. The minimum atomic E-state index is 0.403. The molecular weight excluding hydrogens is 396 g/mol. The molecule has 1 fully saturated rings. The van der Waals surface area contributed by atoms with Crippen LogP contribution in [0.1, 0.15) is 62.7 Å². The van der Waals surface area contributed by atoms with E-state index in [1.54, 1.807) is 0 Å². The van der Waals surface area contributed by atoms with Gasteiger partial charge in [-0.2, -0.15) is 4.98 Å². The van der Waals surface area contributed by atoms with Crippen molar-refractivity contribution in [3.8, 4) is 0 Å². The first-order chi connectivity index (χ1) is 15.7. The maximum Gasteiger partial charge on any atom is 0.230 e. The van der Waals surface area contributed by atoms with E-state index in [0.717, 1.165) is 35.9 Å². The van der Waals surface area contributed by atoms with Crippen molar-refractivity contribution in [2.75, 3.05) is 11.9 Å². The molecule has 2 N–H and O–H groups in total. The standard InChI is InChI=1S/C26H30N6/c1-16-7-10-19(11-8-16)32-22-6-4-3-5-20(22)21-15-28-26(31-25(21)32)30-23-12-9-18-14-27-13-17(2)24(18)29-23/h3-6,9,12,15-17,19,27H,7-8,10-11,13-14H2,1-2H3,(H,28,29,30,31)/t16?,17-,19?/m0/s1. The molecule has 0 saturated heterocycles. The van der Waals surface area contributed by atoms with Crippen LogP contribution in [0, 0.1) is 5.92 Å². The highest BCUT2D eigenvalue weighted by atomic mass is 15.2. The first-order valence-electron chi connectivity index (χ1n) is 11.9. The Kier molecular flexibility index (Phi) is 4.83. The summed E-state index contributed by atoms with van der Waals surface area (Å²) in [5, 5.41) is 9.19. The second kappa shape index (κ2) is 7.85. The zero-order chi connectivity index (χ0) is 21.7. The highest BCUT2D eigenvalue weighted by Crippen LogP contribution is 2.38. The third-order valence-corrected chi connectivity index (χ3v) is 7.29. The maximum atomic E-state index is 5.02. The summed E-state index contributed by atoms with van der Waals surface area (Å²) >= 11 is 0. The highest BCUT2D eigenvalue weighted by Gasteiger charge is 2.24. The van der Waals surface area contributed by atoms with Gasteiger partial charge in [-0.1, -0.05) is 38.1 Å². The molecule has 2 aliphatic rings. The summed E-state index contributed by atoms with van der Waals surface area (Å²) in [6.07, 6.45) is 6.95. The largest absolute Gasteiger partial charge is 0.322 e. The number of nitrogens with one attached hydrogen (secondary N) is 2. The van der Waals surface area contributed by atoms with E-state index in [4.69, 9.17) is 9.97 Å². The van der Waals surface area contributed by atoms with Crippen LogP contribution < -0.4 is 10.6 Å². The lowest BCUT2D eigenvalue weighted by molar-refractivity contribution is 0.298. The number of hydrogen-bond acceptors (Lipinski definition) is 5. The molecule has 32 heavy (non-hydrogen) atoms. The van der Waals surface area contributed by atoms with Crippen LogP contribution in [0.15, 0.2) is 42.6 Å². The molecule has 1 saturated carbocycles. The normalized spacial score (nSPS) is 23.4. The molecule has 0 spiro atoms. The number of anilines is 2. The fourth-order valence-corrected chi connectivity index (χ4v) is 5.49. The molecule has 0 amide bonds. The van der Waals surface area contributed by atoms with Crippen molar-refractivity contribution in [3.05, 3.63) is 53.9 Å². The molecule has 0 radical (unpaired) electrons. The van der Waals surface area contributed by atoms with Crippen molar-refractivity contribution >= 4 is 33.7 Å². The smallest absolute Gasteiger partial charge is 0.230 e. The van der Waals surface area contributed by atoms with E-state index in [1.807, 2.05) is 12.3 Å². The zero-order valence-electron chi connectivity index (χ0n) is 18.8. The van der Waals surface area contributed by atoms with E-state index in [9.17, 15) is 0 Å². The van der Waals surface area contributed by atoms with Crippen LogP contribution in [0.25, 0.3) is 21.9 Å². The summed E-state index contributed by atoms with van der Waals surface area (Å²) in [6.45, 7) is 6.43. The van der Waals surface area contributed by atoms with Crippen molar-refractivity contribution in [2.45, 2.75) is 58.0 Å². The Bertz CT molecular complexity index is 1280. The molecule has 6 heteroatoms. The quantitative estimate of drug-likeness (QED) is 0.441. The maximum absolute atomic E-state index is 5.02. The average Bonchev–Trinajstić information content (AvgIpc) is 3.14. The van der Waals surface area contributed by atoms with Gasteiger partial charge in [0.1, 0.15) is 11.5 Å². The van der Waals surface area contributed by atoms with Gasteiger partial charge in [-0.15, -0.1) is 0 Å². The minimum Gasteiger partial charge on any atom is -0.322 e. The van der Waals surface area contributed by atoms with Crippen molar-refractivity contribution in [3.63, 3.8) is 0 Å². The predicted molar refractivity (Wildman–Crippen MR) is 129 cm³/mol. The molecule has 164 valence electrons. The third-order valence-electron chi connectivity index (χ3n) is 7.29. The van der Waals surface area contributed by atoms with Crippen molar-refractivity contribution in [2.24, 2.45) is 5.92 Å². The molecular formula is C26H30N6. The molecule has 6 rings (SSSR count). The molecule has 0 bridgehead atoms. The first kappa shape index (κ1) is 19.7. The molecule has 1 aliphatic heterocycles. The van der Waals surface area contributed by atoms with E-state index in [0.29, 0.717) is 17.9 Å². The Balaban J connectivity index is 1.41. The van der Waals surface area contributed by atoms with Gasteiger partial charge in [0.2, 0.25) is 5.95 Å². The Morgan fingerprint density at radius 3 is 2.69 bits per heavy atom. The minimum absolute atomic E-state index is 0.403. The number of pyridine rings is 1. The fourth-order valence-electron chi connectivity index (χ4n) is 5.49. The second-order valence-corrected chi connectivity index (χ2v) is 9.63. The van der Waals surface area contributed by atoms with E-state index in [2.05, 4.69) is 64.4 Å². The lowest BCUT2D eigenvalue weighted by Gasteiger charge is -2.28. The summed E-state index contributed by atoms with van der Waals surface area (Å²) in [5.41, 5.74) is 4.73. The van der Waals surface area contributed by atoms with Gasteiger partial charge >= 0.3 is 0 Å². The van der Waals surface area contributed by atoms with Crippen molar-refractivity contribution < 1.29 is 0 Å². The van der Waals surface area contributed by atoms with Crippen LogP contribution in [0.2, 0.25) is 0 Å². The topological polar surface area (TPSA) is 67.7 Å². The second-order valence-electron chi connectivity index (χ2n) is 9.63. The number of aromatic nitrogens is 4. The third kappa shape index (κ3) is 3.34. The van der Waals surface area contributed by atoms with Gasteiger partial charge in [-0.25, -0.2) is 9.97 Å². The average molecular weight is 427 g/mol. The predicted octanol–water partition coefficient (Wildman–Crippen LogP) is 5.68. The Labute approximate surface area is 188 Å². The lowest BCUT2D eigenvalue weighted by atomic mass is 9.87. The number of para-hydroxylation sites is 1. The van der Waals surface area contributed by atoms with Crippen LogP contribution in [-0.4, -0.2) is 26.1 Å². The van der Waals surface area contributed by atoms with Crippen LogP contribution >= 0.6 is 0 Å². The van der Waals surface area contributed by atoms with Crippen LogP contribution in [0.5, 0.6) is 0 Å². The Morgan fingerprint density at radius 2 is 1.81 bits per heavy atom. The molecule has 1 aromatic carbocycles. The summed E-state index contributed by atoms with van der Waals surface area (Å²) < 4.78 is 2.47. The van der Waals surface area contributed by atoms with Crippen LogP contribution in [-0.2, 0) is 6.54 Å². The first-order valence-corrected chi connectivity index (χ1v) is 11.9. The number of benzene rings is 1. The molecule has 1 atom stereocenters. The molecule has 1 aliphatic carbocycles. The molecule has 4 aromatic rings. The number of hydrogen-bond donors (Lipinski definition) is 2. The zero-order valence-corrected chi connectivity index (χ0v) is 18.8. The Morgan fingerprint density at radius 1 is 0.969 bits per heavy atom. The Hall–Kier alpha value is -2.99. The van der Waals surface area contributed by atoms with Gasteiger partial charge in [-0.3, -0.25) is 0 Å². The van der Waals surface area contributed by atoms with Gasteiger partial charge in [-0.05, 0) is 49.3 Å². The monoisotopic (exact) mass is 426 g/mol. The molecule has 3 aromatic heterocycles. The van der Waals surface area contributed by atoms with E-state index < -0.39 is 0 Å². The fraction of sp³-hybridized carbons (Fsp3) is 0.423. The van der Waals surface area contributed by atoms with E-state index >= 15 is 0 Å². The lowest BCUT2D eigenvalue weighted by Crippen LogP contribution is -2.27. The molecule has 4 heterocycles.